The lowest BCUT2D eigenvalue weighted by Gasteiger charge is -2.22. The molecule has 7 heteroatoms. The predicted molar refractivity (Wildman–Crippen MR) is 119 cm³/mol. The number of nitrogens with zero attached hydrogens (tertiary/aromatic N) is 1. The van der Waals surface area contributed by atoms with Crippen LogP contribution >= 0.6 is 7.60 Å². The zero-order valence-corrected chi connectivity index (χ0v) is 18.7. The Labute approximate surface area is 178 Å². The lowest BCUT2D eigenvalue weighted by molar-refractivity contribution is -0.142. The summed E-state index contributed by atoms with van der Waals surface area (Å²) in [6, 6.07) is 19.1. The van der Waals surface area contributed by atoms with Gasteiger partial charge in [-0.1, -0.05) is 60.7 Å². The highest BCUT2D eigenvalue weighted by atomic mass is 31.2. The van der Waals surface area contributed by atoms with Gasteiger partial charge >= 0.3 is 13.6 Å². The third kappa shape index (κ3) is 6.91. The summed E-state index contributed by atoms with van der Waals surface area (Å²) in [6.45, 7) is 5.95. The van der Waals surface area contributed by atoms with Crippen molar-refractivity contribution in [3.63, 3.8) is 0 Å². The lowest BCUT2D eigenvalue weighted by atomic mass is 9.99. The van der Waals surface area contributed by atoms with Crippen LogP contribution in [0.2, 0.25) is 0 Å². The van der Waals surface area contributed by atoms with Crippen LogP contribution in [0.15, 0.2) is 65.7 Å². The average Bonchev–Trinajstić information content (AvgIpc) is 2.75. The Balaban J connectivity index is 2.53. The van der Waals surface area contributed by atoms with Crippen LogP contribution in [-0.2, 0) is 23.1 Å². The van der Waals surface area contributed by atoms with E-state index >= 15 is 0 Å². The predicted octanol–water partition coefficient (Wildman–Crippen LogP) is 5.78. The van der Waals surface area contributed by atoms with E-state index in [2.05, 4.69) is 0 Å². The highest BCUT2D eigenvalue weighted by Gasteiger charge is 2.33. The van der Waals surface area contributed by atoms with Crippen LogP contribution in [0.5, 0.6) is 0 Å². The van der Waals surface area contributed by atoms with E-state index in [1.807, 2.05) is 60.7 Å². The first-order chi connectivity index (χ1) is 14.5. The Morgan fingerprint density at radius 1 is 0.833 bits per heavy atom. The maximum Gasteiger partial charge on any atom is 0.374 e. The van der Waals surface area contributed by atoms with E-state index in [1.165, 1.54) is 0 Å². The minimum atomic E-state index is -3.66. The molecule has 0 unspecified atom stereocenters. The van der Waals surface area contributed by atoms with Crippen molar-refractivity contribution in [1.82, 2.24) is 0 Å². The molecule has 0 N–H and O–H groups in total. The fourth-order valence-electron chi connectivity index (χ4n) is 3.01. The summed E-state index contributed by atoms with van der Waals surface area (Å²) in [5.74, 6) is -0.374. The van der Waals surface area contributed by atoms with E-state index in [-0.39, 0.29) is 44.1 Å². The fourth-order valence-corrected chi connectivity index (χ4v) is 4.70. The minimum Gasteiger partial charge on any atom is -0.466 e. The zero-order chi connectivity index (χ0) is 21.8. The number of hydrogen-bond donors (Lipinski definition) is 0. The van der Waals surface area contributed by atoms with Gasteiger partial charge in [-0.25, -0.2) is 0 Å². The Morgan fingerprint density at radius 3 is 1.77 bits per heavy atom. The first-order valence-electron chi connectivity index (χ1n) is 10.3. The van der Waals surface area contributed by atoms with Crippen LogP contribution in [0.4, 0.5) is 0 Å². The van der Waals surface area contributed by atoms with Crippen LogP contribution in [0.25, 0.3) is 0 Å². The first-order valence-corrected chi connectivity index (χ1v) is 11.8. The van der Waals surface area contributed by atoms with Crippen molar-refractivity contribution in [3.8, 4) is 0 Å². The van der Waals surface area contributed by atoms with Gasteiger partial charge in [0.15, 0.2) is 0 Å². The van der Waals surface area contributed by atoms with Crippen molar-refractivity contribution in [2.75, 3.05) is 19.8 Å². The molecule has 0 spiro atoms. The maximum atomic E-state index is 13.6. The molecular weight excluding hydrogens is 401 g/mol. The van der Waals surface area contributed by atoms with Crippen molar-refractivity contribution in [3.05, 3.63) is 71.8 Å². The number of aliphatic imine (C=N–C) groups is 1. The molecule has 6 nitrogen and oxygen atoms in total. The third-order valence-corrected chi connectivity index (χ3v) is 6.45. The van der Waals surface area contributed by atoms with E-state index in [1.54, 1.807) is 20.8 Å². The molecule has 0 aliphatic carbocycles. The smallest absolute Gasteiger partial charge is 0.374 e. The molecule has 0 heterocycles. The van der Waals surface area contributed by atoms with Gasteiger partial charge in [0.25, 0.3) is 0 Å². The number of rotatable bonds is 12. The number of esters is 1. The van der Waals surface area contributed by atoms with Gasteiger partial charge in [-0.15, -0.1) is 0 Å². The molecule has 0 aliphatic heterocycles. The highest BCUT2D eigenvalue weighted by molar-refractivity contribution is 7.72. The van der Waals surface area contributed by atoms with Gasteiger partial charge in [0.2, 0.25) is 0 Å². The summed E-state index contributed by atoms with van der Waals surface area (Å²) in [6.07, 6.45) is 0.180. The van der Waals surface area contributed by atoms with Crippen LogP contribution in [0, 0.1) is 0 Å². The molecule has 0 atom stereocenters. The molecular formula is C23H30NO5P. The average molecular weight is 431 g/mol. The second-order valence-corrected chi connectivity index (χ2v) is 8.43. The minimum absolute atomic E-state index is 0.0487. The molecule has 0 saturated carbocycles. The van der Waals surface area contributed by atoms with Gasteiger partial charge in [0, 0.05) is 6.42 Å². The van der Waals surface area contributed by atoms with Crippen LogP contribution in [-0.4, -0.2) is 31.2 Å². The van der Waals surface area contributed by atoms with Crippen molar-refractivity contribution >= 4 is 19.0 Å². The van der Waals surface area contributed by atoms with E-state index in [9.17, 15) is 9.36 Å². The Morgan fingerprint density at radius 2 is 1.33 bits per heavy atom. The zero-order valence-electron chi connectivity index (χ0n) is 17.8. The maximum absolute atomic E-state index is 13.6. The quantitative estimate of drug-likeness (QED) is 0.242. The summed E-state index contributed by atoms with van der Waals surface area (Å²) in [5.41, 5.74) is 2.13. The van der Waals surface area contributed by atoms with Crippen LogP contribution < -0.4 is 0 Å². The Kier molecular flexibility index (Phi) is 9.95. The van der Waals surface area contributed by atoms with E-state index < -0.39 is 13.6 Å². The second-order valence-electron chi connectivity index (χ2n) is 6.41. The molecule has 2 aromatic carbocycles. The molecule has 0 aliphatic rings. The van der Waals surface area contributed by atoms with Gasteiger partial charge in [0.1, 0.15) is 11.5 Å². The number of carbonyl (C=O) groups excluding carboxylic acids is 1. The summed E-state index contributed by atoms with van der Waals surface area (Å²) in [4.78, 5) is 16.8. The molecule has 0 fully saturated rings. The SMILES string of the molecule is CCOC(=O)CCC(=NC(c1ccccc1)c1ccccc1)P(=O)(OCC)OCC. The molecule has 0 radical (unpaired) electrons. The summed E-state index contributed by atoms with van der Waals surface area (Å²) in [7, 11) is -3.66. The topological polar surface area (TPSA) is 74.2 Å². The molecule has 2 aromatic rings. The lowest BCUT2D eigenvalue weighted by Crippen LogP contribution is -2.13. The number of ether oxygens (including phenoxy) is 1. The van der Waals surface area contributed by atoms with Gasteiger partial charge < -0.3 is 13.8 Å². The van der Waals surface area contributed by atoms with Gasteiger partial charge in [0.05, 0.1) is 26.2 Å². The summed E-state index contributed by atoms with van der Waals surface area (Å²) < 4.78 is 29.7. The molecule has 0 bridgehead atoms. The van der Waals surface area contributed by atoms with Gasteiger partial charge in [-0.2, -0.15) is 0 Å². The summed E-state index contributed by atoms with van der Waals surface area (Å²) in [5, 5.41) is 0. The van der Waals surface area contributed by atoms with E-state index in [0.29, 0.717) is 0 Å². The molecule has 0 aromatic heterocycles. The molecule has 30 heavy (non-hydrogen) atoms. The van der Waals surface area contributed by atoms with E-state index in [0.717, 1.165) is 11.1 Å². The first kappa shape index (κ1) is 24.0. The van der Waals surface area contributed by atoms with Crippen molar-refractivity contribution in [1.29, 1.82) is 0 Å². The molecule has 162 valence electrons. The van der Waals surface area contributed by atoms with E-state index in [4.69, 9.17) is 18.8 Å². The molecule has 0 amide bonds. The fraction of sp³-hybridized carbons (Fsp3) is 0.391. The second kappa shape index (κ2) is 12.4. The van der Waals surface area contributed by atoms with Gasteiger partial charge in [-0.05, 0) is 31.9 Å². The number of carbonyl (C=O) groups is 1. The van der Waals surface area contributed by atoms with Crippen molar-refractivity contribution in [2.45, 2.75) is 39.7 Å². The largest absolute Gasteiger partial charge is 0.466 e. The third-order valence-electron chi connectivity index (χ3n) is 4.28. The highest BCUT2D eigenvalue weighted by Crippen LogP contribution is 2.52. The Hall–Kier alpha value is -2.27. The van der Waals surface area contributed by atoms with Crippen LogP contribution in [0.3, 0.4) is 0 Å². The van der Waals surface area contributed by atoms with Crippen molar-refractivity contribution in [2.24, 2.45) is 4.99 Å². The number of hydrogen-bond acceptors (Lipinski definition) is 6. The summed E-state index contributed by atoms with van der Waals surface area (Å²) >= 11 is 0. The number of benzene rings is 2. The monoisotopic (exact) mass is 431 g/mol. The van der Waals surface area contributed by atoms with Crippen LogP contribution in [0.1, 0.15) is 50.8 Å². The standard InChI is InChI=1S/C23H30NO5P/c1-4-27-22(25)18-17-21(30(26,28-5-2)29-6-3)24-23(19-13-9-7-10-14-19)20-15-11-8-12-16-20/h7-16,23H,4-6,17-18H2,1-3H3. The Bertz CT molecular complexity index is 805. The van der Waals surface area contributed by atoms with Gasteiger partial charge in [-0.3, -0.25) is 14.4 Å². The molecule has 2 rings (SSSR count). The molecule has 0 saturated heterocycles. The van der Waals surface area contributed by atoms with Crippen molar-refractivity contribution < 1.29 is 23.1 Å². The normalized spacial score (nSPS) is 12.2.